The summed E-state index contributed by atoms with van der Waals surface area (Å²) in [6.07, 6.45) is 4.46. The molecule has 2 rings (SSSR count). The fourth-order valence-corrected chi connectivity index (χ4v) is 2.08. The molecule has 1 heterocycles. The number of carbonyl (C=O) groups excluding carboxylic acids is 1. The number of nitrogens with zero attached hydrogens (tertiary/aromatic N) is 1. The molecule has 0 saturated heterocycles. The minimum Gasteiger partial charge on any atom is -0.481 e. The smallest absolute Gasteiger partial charge is 0.305 e. The Hall–Kier alpha value is -1.43. The van der Waals surface area contributed by atoms with Gasteiger partial charge in [0.25, 0.3) is 5.91 Å². The van der Waals surface area contributed by atoms with Gasteiger partial charge in [-0.1, -0.05) is 0 Å². The number of hydrogen-bond donors (Lipinski definition) is 2. The van der Waals surface area contributed by atoms with E-state index in [0.717, 1.165) is 0 Å². The average Bonchev–Trinajstić information content (AvgIpc) is 2.97. The Balaban J connectivity index is 2.08. The number of carboxylic acid groups (broad SMARTS) is 1. The van der Waals surface area contributed by atoms with E-state index in [1.807, 2.05) is 0 Å². The van der Waals surface area contributed by atoms with Crippen molar-refractivity contribution < 1.29 is 14.7 Å². The lowest BCUT2D eigenvalue weighted by atomic mass is 10.1. The standard InChI is InChI=1S/C11H11BrN2O3/c12-8-6-13-4-1-7(8)10(17)14-11(2-3-11)5-9(15)16/h1,4,6H,2-3,5H2,(H,14,17)(H,15,16). The van der Waals surface area contributed by atoms with Crippen LogP contribution >= 0.6 is 15.9 Å². The molecule has 0 atom stereocenters. The van der Waals surface area contributed by atoms with Crippen LogP contribution in [0.2, 0.25) is 0 Å². The number of carbonyl (C=O) groups is 2. The predicted molar refractivity (Wildman–Crippen MR) is 63.6 cm³/mol. The van der Waals surface area contributed by atoms with Gasteiger partial charge in [-0.2, -0.15) is 0 Å². The quantitative estimate of drug-likeness (QED) is 0.884. The molecule has 0 aliphatic heterocycles. The SMILES string of the molecule is O=C(O)CC1(NC(=O)c2ccncc2Br)CC1. The number of aliphatic carboxylic acids is 1. The summed E-state index contributed by atoms with van der Waals surface area (Å²) >= 11 is 3.24. The van der Waals surface area contributed by atoms with Crippen molar-refractivity contribution in [2.75, 3.05) is 0 Å². The molecule has 17 heavy (non-hydrogen) atoms. The monoisotopic (exact) mass is 298 g/mol. The number of pyridine rings is 1. The molecule has 1 aromatic heterocycles. The van der Waals surface area contributed by atoms with E-state index >= 15 is 0 Å². The number of halogens is 1. The van der Waals surface area contributed by atoms with Gasteiger partial charge in [-0.25, -0.2) is 0 Å². The summed E-state index contributed by atoms with van der Waals surface area (Å²) < 4.78 is 0.601. The third-order valence-electron chi connectivity index (χ3n) is 2.74. The largest absolute Gasteiger partial charge is 0.481 e. The summed E-state index contributed by atoms with van der Waals surface area (Å²) in [7, 11) is 0. The van der Waals surface area contributed by atoms with E-state index in [4.69, 9.17) is 5.11 Å². The highest BCUT2D eigenvalue weighted by Gasteiger charge is 2.46. The lowest BCUT2D eigenvalue weighted by molar-refractivity contribution is -0.137. The lowest BCUT2D eigenvalue weighted by Crippen LogP contribution is -2.38. The van der Waals surface area contributed by atoms with Gasteiger partial charge in [0.2, 0.25) is 0 Å². The van der Waals surface area contributed by atoms with Gasteiger partial charge in [0.1, 0.15) is 0 Å². The number of carboxylic acids is 1. The van der Waals surface area contributed by atoms with Gasteiger partial charge in [-0.15, -0.1) is 0 Å². The van der Waals surface area contributed by atoms with Gasteiger partial charge in [0.05, 0.1) is 17.5 Å². The number of aromatic nitrogens is 1. The Morgan fingerprint density at radius 2 is 2.24 bits per heavy atom. The van der Waals surface area contributed by atoms with Crippen molar-refractivity contribution in [2.45, 2.75) is 24.8 Å². The van der Waals surface area contributed by atoms with Crippen LogP contribution in [0, 0.1) is 0 Å². The summed E-state index contributed by atoms with van der Waals surface area (Å²) in [6, 6.07) is 1.59. The molecule has 2 N–H and O–H groups in total. The molecule has 1 aliphatic carbocycles. The molecular formula is C11H11BrN2O3. The van der Waals surface area contributed by atoms with E-state index in [1.165, 1.54) is 12.4 Å². The maximum atomic E-state index is 11.9. The molecule has 1 fully saturated rings. The van der Waals surface area contributed by atoms with Crippen LogP contribution in [0.5, 0.6) is 0 Å². The summed E-state index contributed by atoms with van der Waals surface area (Å²) in [5.74, 6) is -1.16. The van der Waals surface area contributed by atoms with Crippen molar-refractivity contribution in [1.82, 2.24) is 10.3 Å². The van der Waals surface area contributed by atoms with E-state index in [1.54, 1.807) is 6.07 Å². The molecule has 0 aromatic carbocycles. The molecule has 90 valence electrons. The second kappa shape index (κ2) is 4.44. The third kappa shape index (κ3) is 2.82. The molecule has 1 amide bonds. The summed E-state index contributed by atoms with van der Waals surface area (Å²) in [4.78, 5) is 26.5. The highest BCUT2D eigenvalue weighted by atomic mass is 79.9. The zero-order valence-electron chi connectivity index (χ0n) is 8.94. The molecule has 5 nitrogen and oxygen atoms in total. The first kappa shape index (κ1) is 12.0. The fraction of sp³-hybridized carbons (Fsp3) is 0.364. The molecule has 1 aliphatic rings. The molecule has 0 spiro atoms. The summed E-state index contributed by atoms with van der Waals surface area (Å²) in [5, 5.41) is 11.5. The Labute approximate surface area is 106 Å². The number of hydrogen-bond acceptors (Lipinski definition) is 3. The summed E-state index contributed by atoms with van der Waals surface area (Å²) in [5.41, 5.74) is -0.0808. The molecular weight excluding hydrogens is 288 g/mol. The van der Waals surface area contributed by atoms with Gasteiger partial charge in [0, 0.05) is 16.9 Å². The van der Waals surface area contributed by atoms with Gasteiger partial charge in [-0.05, 0) is 34.8 Å². The third-order valence-corrected chi connectivity index (χ3v) is 3.37. The van der Waals surface area contributed by atoms with E-state index < -0.39 is 11.5 Å². The van der Waals surface area contributed by atoms with E-state index in [-0.39, 0.29) is 12.3 Å². The van der Waals surface area contributed by atoms with E-state index in [0.29, 0.717) is 22.9 Å². The molecule has 1 saturated carbocycles. The second-order valence-electron chi connectivity index (χ2n) is 4.16. The van der Waals surface area contributed by atoms with Crippen LogP contribution in [0.25, 0.3) is 0 Å². The predicted octanol–water partition coefficient (Wildman–Crippen LogP) is 1.58. The maximum absolute atomic E-state index is 11.9. The van der Waals surface area contributed by atoms with Crippen LogP contribution in [0.3, 0.4) is 0 Å². The van der Waals surface area contributed by atoms with Gasteiger partial charge >= 0.3 is 5.97 Å². The normalized spacial score (nSPS) is 16.3. The van der Waals surface area contributed by atoms with Crippen LogP contribution < -0.4 is 5.32 Å². The molecule has 6 heteroatoms. The summed E-state index contributed by atoms with van der Waals surface area (Å²) in [6.45, 7) is 0. The van der Waals surface area contributed by atoms with Gasteiger partial charge in [-0.3, -0.25) is 14.6 Å². The van der Waals surface area contributed by atoms with Crippen molar-refractivity contribution in [3.63, 3.8) is 0 Å². The lowest BCUT2D eigenvalue weighted by Gasteiger charge is -2.15. The zero-order chi connectivity index (χ0) is 12.5. The van der Waals surface area contributed by atoms with Crippen molar-refractivity contribution in [3.05, 3.63) is 28.5 Å². The van der Waals surface area contributed by atoms with Crippen LogP contribution in [0.1, 0.15) is 29.6 Å². The van der Waals surface area contributed by atoms with Crippen LogP contribution in [0.15, 0.2) is 22.9 Å². The number of nitrogens with one attached hydrogen (secondary N) is 1. The van der Waals surface area contributed by atoms with Crippen LogP contribution in [0.4, 0.5) is 0 Å². The van der Waals surface area contributed by atoms with Gasteiger partial charge < -0.3 is 10.4 Å². The van der Waals surface area contributed by atoms with Crippen molar-refractivity contribution in [3.8, 4) is 0 Å². The van der Waals surface area contributed by atoms with Crippen molar-refractivity contribution >= 4 is 27.8 Å². The molecule has 0 bridgehead atoms. The van der Waals surface area contributed by atoms with Crippen molar-refractivity contribution in [1.29, 1.82) is 0 Å². The van der Waals surface area contributed by atoms with Crippen LogP contribution in [-0.4, -0.2) is 27.5 Å². The zero-order valence-corrected chi connectivity index (χ0v) is 10.5. The maximum Gasteiger partial charge on any atom is 0.305 e. The van der Waals surface area contributed by atoms with Gasteiger partial charge in [0.15, 0.2) is 0 Å². The highest BCUT2D eigenvalue weighted by molar-refractivity contribution is 9.10. The number of rotatable bonds is 4. The first-order chi connectivity index (χ1) is 8.02. The van der Waals surface area contributed by atoms with Crippen LogP contribution in [-0.2, 0) is 4.79 Å². The first-order valence-electron chi connectivity index (χ1n) is 5.16. The fourth-order valence-electron chi connectivity index (χ4n) is 1.65. The molecule has 0 radical (unpaired) electrons. The Bertz CT molecular complexity index is 472. The average molecular weight is 299 g/mol. The minimum absolute atomic E-state index is 0.0263. The Morgan fingerprint density at radius 1 is 1.53 bits per heavy atom. The molecule has 0 unspecified atom stereocenters. The van der Waals surface area contributed by atoms with E-state index in [2.05, 4.69) is 26.2 Å². The topological polar surface area (TPSA) is 79.3 Å². The minimum atomic E-state index is -0.892. The molecule has 1 aromatic rings. The second-order valence-corrected chi connectivity index (χ2v) is 5.01. The van der Waals surface area contributed by atoms with Crippen molar-refractivity contribution in [2.24, 2.45) is 0 Å². The number of amides is 1. The Morgan fingerprint density at radius 3 is 2.76 bits per heavy atom. The highest BCUT2D eigenvalue weighted by Crippen LogP contribution is 2.39. The van der Waals surface area contributed by atoms with E-state index in [9.17, 15) is 9.59 Å². The first-order valence-corrected chi connectivity index (χ1v) is 5.96. The Kier molecular flexibility index (Phi) is 3.15.